The largest absolute Gasteiger partial charge is 0.494 e. The number of hydrogen-bond donors (Lipinski definition) is 0. The zero-order chi connectivity index (χ0) is 27.7. The van der Waals surface area contributed by atoms with Crippen molar-refractivity contribution in [3.05, 3.63) is 131 Å². The first-order valence-electron chi connectivity index (χ1n) is 14.0. The van der Waals surface area contributed by atoms with Gasteiger partial charge in [-0.05, 0) is 85.3 Å². The van der Waals surface area contributed by atoms with E-state index in [2.05, 4.69) is 24.3 Å². The number of carbonyl (C=O) groups is 1. The second-order valence-corrected chi connectivity index (χ2v) is 9.57. The Morgan fingerprint density at radius 2 is 0.825 bits per heavy atom. The third-order valence-corrected chi connectivity index (χ3v) is 6.36. The summed E-state index contributed by atoms with van der Waals surface area (Å²) in [7, 11) is 0. The first-order valence-corrected chi connectivity index (χ1v) is 14.0. The smallest absolute Gasteiger partial charge is 0.193 e. The number of rotatable bonds is 18. The first-order chi connectivity index (χ1) is 19.8. The Balaban J connectivity index is 1.07. The number of ketones is 1. The first kappa shape index (κ1) is 29.1. The number of benzene rings is 4. The Labute approximate surface area is 237 Å². The van der Waals surface area contributed by atoms with Crippen LogP contribution in [0.3, 0.4) is 0 Å². The minimum absolute atomic E-state index is 0.0239. The summed E-state index contributed by atoms with van der Waals surface area (Å²) in [6.45, 7) is 3.92. The van der Waals surface area contributed by atoms with Gasteiger partial charge in [0.1, 0.15) is 11.5 Å². The van der Waals surface area contributed by atoms with Gasteiger partial charge in [0.05, 0.1) is 26.4 Å². The fourth-order valence-corrected chi connectivity index (χ4v) is 4.09. The molecule has 208 valence electrons. The van der Waals surface area contributed by atoms with E-state index in [1.54, 1.807) is 0 Å². The number of ether oxygens (including phenoxy) is 4. The Morgan fingerprint density at radius 3 is 1.23 bits per heavy atom. The molecule has 0 saturated carbocycles. The lowest BCUT2D eigenvalue weighted by atomic mass is 10.0. The molecular weight excluding hydrogens is 500 g/mol. The molecule has 0 radical (unpaired) electrons. The van der Waals surface area contributed by atoms with Gasteiger partial charge in [-0.1, -0.05) is 60.7 Å². The maximum Gasteiger partial charge on any atom is 0.193 e. The lowest BCUT2D eigenvalue weighted by Gasteiger charge is -2.09. The Bertz CT molecular complexity index is 1140. The summed E-state index contributed by atoms with van der Waals surface area (Å²) in [5.41, 5.74) is 3.63. The molecule has 0 aromatic heterocycles. The molecule has 0 aliphatic carbocycles. The summed E-state index contributed by atoms with van der Waals surface area (Å²) in [6.07, 6.45) is 3.69. The summed E-state index contributed by atoms with van der Waals surface area (Å²) in [5, 5.41) is 0. The summed E-state index contributed by atoms with van der Waals surface area (Å²) in [4.78, 5) is 12.9. The Kier molecular flexibility index (Phi) is 12.3. The zero-order valence-corrected chi connectivity index (χ0v) is 23.0. The molecule has 0 spiro atoms. The number of hydrogen-bond acceptors (Lipinski definition) is 5. The van der Waals surface area contributed by atoms with Crippen LogP contribution in [0, 0.1) is 0 Å². The van der Waals surface area contributed by atoms with Crippen molar-refractivity contribution < 1.29 is 23.7 Å². The van der Waals surface area contributed by atoms with Crippen LogP contribution in [0.1, 0.15) is 52.7 Å². The highest BCUT2D eigenvalue weighted by Gasteiger charge is 2.09. The highest BCUT2D eigenvalue weighted by Crippen LogP contribution is 2.19. The van der Waals surface area contributed by atoms with Crippen LogP contribution in [0.15, 0.2) is 109 Å². The standard InChI is InChI=1S/C35H38O5/c36-35(31-15-19-33(20-16-31)39-25-9-7-23-37-27-29-11-3-1-4-12-29)32-17-21-34(22-18-32)40-26-10-8-24-38-28-30-13-5-2-6-14-30/h1-6,11-22H,7-10,23-28H2. The van der Waals surface area contributed by atoms with E-state index >= 15 is 0 Å². The minimum atomic E-state index is -0.0239. The average Bonchev–Trinajstić information content (AvgIpc) is 3.01. The number of unbranched alkanes of at least 4 members (excludes halogenated alkanes) is 2. The van der Waals surface area contributed by atoms with Gasteiger partial charge in [-0.2, -0.15) is 0 Å². The van der Waals surface area contributed by atoms with Crippen LogP contribution in [0.4, 0.5) is 0 Å². The molecule has 0 atom stereocenters. The van der Waals surface area contributed by atoms with E-state index in [-0.39, 0.29) is 5.78 Å². The second kappa shape index (κ2) is 16.9. The minimum Gasteiger partial charge on any atom is -0.494 e. The van der Waals surface area contributed by atoms with Crippen molar-refractivity contribution in [1.82, 2.24) is 0 Å². The van der Waals surface area contributed by atoms with Crippen LogP contribution < -0.4 is 9.47 Å². The molecule has 5 heteroatoms. The number of carbonyl (C=O) groups excluding carboxylic acids is 1. The quantitative estimate of drug-likeness (QED) is 0.0961. The molecular formula is C35H38O5. The maximum atomic E-state index is 12.9. The van der Waals surface area contributed by atoms with Crippen molar-refractivity contribution in [2.24, 2.45) is 0 Å². The summed E-state index contributed by atoms with van der Waals surface area (Å²) >= 11 is 0. The summed E-state index contributed by atoms with van der Waals surface area (Å²) < 4.78 is 23.1. The monoisotopic (exact) mass is 538 g/mol. The van der Waals surface area contributed by atoms with Gasteiger partial charge >= 0.3 is 0 Å². The van der Waals surface area contributed by atoms with Crippen molar-refractivity contribution in [2.45, 2.75) is 38.9 Å². The van der Waals surface area contributed by atoms with E-state index in [0.717, 1.165) is 37.2 Å². The third kappa shape index (κ3) is 10.3. The maximum absolute atomic E-state index is 12.9. The zero-order valence-electron chi connectivity index (χ0n) is 23.0. The van der Waals surface area contributed by atoms with Gasteiger partial charge in [0, 0.05) is 24.3 Å². The molecule has 40 heavy (non-hydrogen) atoms. The van der Waals surface area contributed by atoms with Crippen LogP contribution in [0.5, 0.6) is 11.5 Å². The predicted octanol–water partition coefficient (Wildman–Crippen LogP) is 7.67. The van der Waals surface area contributed by atoms with Crippen LogP contribution in [-0.2, 0) is 22.7 Å². The summed E-state index contributed by atoms with van der Waals surface area (Å²) in [5.74, 6) is 1.50. The molecule has 0 aliphatic heterocycles. The van der Waals surface area contributed by atoms with Crippen LogP contribution in [0.25, 0.3) is 0 Å². The SMILES string of the molecule is O=C(c1ccc(OCCCCOCc2ccccc2)cc1)c1ccc(OCCCCOCc2ccccc2)cc1. The second-order valence-electron chi connectivity index (χ2n) is 9.57. The van der Waals surface area contributed by atoms with Crippen molar-refractivity contribution in [3.8, 4) is 11.5 Å². The molecule has 4 aromatic carbocycles. The molecule has 4 rings (SSSR count). The predicted molar refractivity (Wildman–Crippen MR) is 158 cm³/mol. The molecule has 5 nitrogen and oxygen atoms in total. The Hall–Kier alpha value is -3.93. The third-order valence-electron chi connectivity index (χ3n) is 6.36. The Morgan fingerprint density at radius 1 is 0.450 bits per heavy atom. The molecule has 0 fully saturated rings. The van der Waals surface area contributed by atoms with Crippen LogP contribution in [0.2, 0.25) is 0 Å². The molecule has 0 unspecified atom stereocenters. The van der Waals surface area contributed by atoms with Crippen LogP contribution >= 0.6 is 0 Å². The van der Waals surface area contributed by atoms with Crippen molar-refractivity contribution in [1.29, 1.82) is 0 Å². The van der Waals surface area contributed by atoms with Gasteiger partial charge in [-0.25, -0.2) is 0 Å². The molecule has 0 amide bonds. The van der Waals surface area contributed by atoms with Gasteiger partial charge in [0.15, 0.2) is 5.78 Å². The van der Waals surface area contributed by atoms with E-state index in [1.807, 2.05) is 84.9 Å². The van der Waals surface area contributed by atoms with Gasteiger partial charge < -0.3 is 18.9 Å². The van der Waals surface area contributed by atoms with E-state index in [9.17, 15) is 4.79 Å². The topological polar surface area (TPSA) is 54.0 Å². The van der Waals surface area contributed by atoms with Crippen molar-refractivity contribution in [3.63, 3.8) is 0 Å². The molecule has 0 aliphatic rings. The van der Waals surface area contributed by atoms with Crippen molar-refractivity contribution in [2.75, 3.05) is 26.4 Å². The highest BCUT2D eigenvalue weighted by atomic mass is 16.5. The van der Waals surface area contributed by atoms with Gasteiger partial charge in [-0.3, -0.25) is 4.79 Å². The van der Waals surface area contributed by atoms with Crippen molar-refractivity contribution >= 4 is 5.78 Å². The van der Waals surface area contributed by atoms with Gasteiger partial charge in [-0.15, -0.1) is 0 Å². The van der Waals surface area contributed by atoms with E-state index in [4.69, 9.17) is 18.9 Å². The molecule has 0 bridgehead atoms. The van der Waals surface area contributed by atoms with Gasteiger partial charge in [0.25, 0.3) is 0 Å². The normalized spacial score (nSPS) is 10.8. The molecule has 4 aromatic rings. The van der Waals surface area contributed by atoms with Crippen LogP contribution in [-0.4, -0.2) is 32.2 Å². The van der Waals surface area contributed by atoms with E-state index in [1.165, 1.54) is 11.1 Å². The molecule has 0 saturated heterocycles. The molecule has 0 heterocycles. The molecule has 0 N–H and O–H groups in total. The van der Waals surface area contributed by atoms with Gasteiger partial charge in [0.2, 0.25) is 0 Å². The van der Waals surface area contributed by atoms with E-state index in [0.29, 0.717) is 50.8 Å². The highest BCUT2D eigenvalue weighted by molar-refractivity contribution is 6.09. The average molecular weight is 539 g/mol. The van der Waals surface area contributed by atoms with E-state index < -0.39 is 0 Å². The summed E-state index contributed by atoms with van der Waals surface area (Å²) in [6, 6.07) is 35.0. The lowest BCUT2D eigenvalue weighted by Crippen LogP contribution is -2.04. The fraction of sp³-hybridized carbons (Fsp3) is 0.286. The lowest BCUT2D eigenvalue weighted by molar-refractivity contribution is 0.103. The fourth-order valence-electron chi connectivity index (χ4n) is 4.09.